The lowest BCUT2D eigenvalue weighted by molar-refractivity contribution is -0.117. The summed E-state index contributed by atoms with van der Waals surface area (Å²) in [5, 5.41) is 5.75. The molecule has 166 valence electrons. The van der Waals surface area contributed by atoms with Gasteiger partial charge in [0.25, 0.3) is 0 Å². The van der Waals surface area contributed by atoms with Crippen molar-refractivity contribution < 1.29 is 9.59 Å². The molecule has 4 rings (SSSR count). The summed E-state index contributed by atoms with van der Waals surface area (Å²) >= 11 is 0. The van der Waals surface area contributed by atoms with E-state index in [0.717, 1.165) is 22.5 Å². The molecule has 0 fully saturated rings. The number of carbonyl (C=O) groups is 2. The molecule has 4 nitrogen and oxygen atoms in total. The highest BCUT2D eigenvalue weighted by atomic mass is 16.2. The van der Waals surface area contributed by atoms with E-state index in [4.69, 9.17) is 0 Å². The van der Waals surface area contributed by atoms with Crippen LogP contribution < -0.4 is 10.6 Å². The summed E-state index contributed by atoms with van der Waals surface area (Å²) < 4.78 is 0. The van der Waals surface area contributed by atoms with Gasteiger partial charge in [0.2, 0.25) is 11.8 Å². The van der Waals surface area contributed by atoms with E-state index in [-0.39, 0.29) is 17.7 Å². The lowest BCUT2D eigenvalue weighted by Gasteiger charge is -2.12. The fourth-order valence-corrected chi connectivity index (χ4v) is 3.17. The first-order chi connectivity index (χ1) is 16.1. The number of carbonyl (C=O) groups excluding carboxylic acids is 2. The van der Waals surface area contributed by atoms with Gasteiger partial charge in [0.15, 0.2) is 0 Å². The molecule has 0 radical (unpaired) electrons. The molecule has 2 N–H and O–H groups in total. The van der Waals surface area contributed by atoms with Crippen LogP contribution in [0.5, 0.6) is 0 Å². The van der Waals surface area contributed by atoms with Gasteiger partial charge in [0.1, 0.15) is 0 Å². The monoisotopic (exact) mass is 436 g/mol. The predicted molar refractivity (Wildman–Crippen MR) is 135 cm³/mol. The largest absolute Gasteiger partial charge is 0.326 e. The molecule has 0 aliphatic rings. The van der Waals surface area contributed by atoms with Crippen molar-refractivity contribution in [2.45, 2.75) is 19.3 Å². The lowest BCUT2D eigenvalue weighted by atomic mass is 10.0. The Morgan fingerprint density at radius 3 is 1.55 bits per heavy atom. The van der Waals surface area contributed by atoms with Gasteiger partial charge in [-0.1, -0.05) is 97.1 Å². The van der Waals surface area contributed by atoms with Crippen LogP contribution in [0.4, 0.5) is 11.4 Å². The van der Waals surface area contributed by atoms with E-state index >= 15 is 0 Å². The predicted octanol–water partition coefficient (Wildman–Crippen LogP) is 6.30. The van der Waals surface area contributed by atoms with Gasteiger partial charge in [-0.25, -0.2) is 0 Å². The zero-order valence-corrected chi connectivity index (χ0v) is 18.6. The Balaban J connectivity index is 0.000000186. The van der Waals surface area contributed by atoms with E-state index in [2.05, 4.69) is 10.6 Å². The molecular weight excluding hydrogens is 408 g/mol. The van der Waals surface area contributed by atoms with Crippen LogP contribution in [0.1, 0.15) is 24.0 Å². The Labute approximate surface area is 195 Å². The first-order valence-corrected chi connectivity index (χ1v) is 10.9. The Morgan fingerprint density at radius 1 is 0.606 bits per heavy atom. The standard InChI is InChI=1S/C15H15NO.C14H13NO/c1-12(13-8-4-2-5-9-13)15(17)16-14-10-6-3-7-11-14;16-14(11-12-7-3-1-4-8-12)15-13-9-5-2-6-10-13/h2-12H,1H3,(H,16,17);1-10H,11H2,(H,15,16). The summed E-state index contributed by atoms with van der Waals surface area (Å²) in [6, 6.07) is 38.5. The summed E-state index contributed by atoms with van der Waals surface area (Å²) in [6.07, 6.45) is 0.412. The molecule has 33 heavy (non-hydrogen) atoms. The average molecular weight is 437 g/mol. The Hall–Kier alpha value is -4.18. The third kappa shape index (κ3) is 8.11. The number of para-hydroxylation sites is 2. The molecule has 0 aromatic heterocycles. The van der Waals surface area contributed by atoms with Crippen LogP contribution in [0.2, 0.25) is 0 Å². The zero-order chi connectivity index (χ0) is 23.3. The minimum Gasteiger partial charge on any atom is -0.326 e. The highest BCUT2D eigenvalue weighted by Crippen LogP contribution is 2.17. The Morgan fingerprint density at radius 2 is 1.03 bits per heavy atom. The van der Waals surface area contributed by atoms with Gasteiger partial charge in [0.05, 0.1) is 12.3 Å². The Kier molecular flexibility index (Phi) is 8.98. The first-order valence-electron chi connectivity index (χ1n) is 10.9. The maximum absolute atomic E-state index is 12.0. The third-order valence-corrected chi connectivity index (χ3v) is 5.00. The molecule has 0 bridgehead atoms. The van der Waals surface area contributed by atoms with Crippen LogP contribution in [0.3, 0.4) is 0 Å². The minimum atomic E-state index is -0.142. The molecule has 1 unspecified atom stereocenters. The second-order valence-electron chi connectivity index (χ2n) is 7.56. The number of nitrogens with one attached hydrogen (secondary N) is 2. The van der Waals surface area contributed by atoms with Crippen molar-refractivity contribution in [3.05, 3.63) is 132 Å². The Bertz CT molecular complexity index is 1070. The summed E-state index contributed by atoms with van der Waals surface area (Å²) in [4.78, 5) is 23.7. The quantitative estimate of drug-likeness (QED) is 0.373. The van der Waals surface area contributed by atoms with Crippen molar-refractivity contribution in [3.63, 3.8) is 0 Å². The molecule has 4 aromatic rings. The maximum Gasteiger partial charge on any atom is 0.231 e. The van der Waals surface area contributed by atoms with Crippen LogP contribution in [-0.2, 0) is 16.0 Å². The molecule has 0 saturated heterocycles. The van der Waals surface area contributed by atoms with Crippen LogP contribution in [0, 0.1) is 0 Å². The van der Waals surface area contributed by atoms with Gasteiger partial charge in [-0.2, -0.15) is 0 Å². The number of benzene rings is 4. The van der Waals surface area contributed by atoms with Gasteiger partial charge in [-0.05, 0) is 42.3 Å². The minimum absolute atomic E-state index is 0.0115. The van der Waals surface area contributed by atoms with E-state index < -0.39 is 0 Å². The highest BCUT2D eigenvalue weighted by Gasteiger charge is 2.14. The van der Waals surface area contributed by atoms with Gasteiger partial charge in [-0.15, -0.1) is 0 Å². The molecule has 0 heterocycles. The van der Waals surface area contributed by atoms with Crippen LogP contribution in [0.15, 0.2) is 121 Å². The molecule has 0 aliphatic carbocycles. The first kappa shape index (κ1) is 23.5. The number of rotatable bonds is 6. The van der Waals surface area contributed by atoms with E-state index in [1.807, 2.05) is 128 Å². The lowest BCUT2D eigenvalue weighted by Crippen LogP contribution is -2.18. The van der Waals surface area contributed by atoms with E-state index in [1.165, 1.54) is 0 Å². The van der Waals surface area contributed by atoms with Gasteiger partial charge in [0, 0.05) is 11.4 Å². The SMILES string of the molecule is CC(C(=O)Nc1ccccc1)c1ccccc1.O=C(Cc1ccccc1)Nc1ccccc1. The smallest absolute Gasteiger partial charge is 0.231 e. The molecule has 2 amide bonds. The summed E-state index contributed by atoms with van der Waals surface area (Å²) in [7, 11) is 0. The number of hydrogen-bond donors (Lipinski definition) is 2. The molecule has 4 aromatic carbocycles. The van der Waals surface area contributed by atoms with Crippen LogP contribution >= 0.6 is 0 Å². The maximum atomic E-state index is 12.0. The highest BCUT2D eigenvalue weighted by molar-refractivity contribution is 5.95. The zero-order valence-electron chi connectivity index (χ0n) is 18.6. The van der Waals surface area contributed by atoms with E-state index in [9.17, 15) is 9.59 Å². The molecule has 0 saturated carbocycles. The van der Waals surface area contributed by atoms with Crippen molar-refractivity contribution in [3.8, 4) is 0 Å². The summed E-state index contributed by atoms with van der Waals surface area (Å²) in [5.74, 6) is -0.115. The molecule has 1 atom stereocenters. The fraction of sp³-hybridized carbons (Fsp3) is 0.103. The van der Waals surface area contributed by atoms with Crippen molar-refractivity contribution in [1.29, 1.82) is 0 Å². The van der Waals surface area contributed by atoms with Crippen LogP contribution in [-0.4, -0.2) is 11.8 Å². The van der Waals surface area contributed by atoms with Gasteiger partial charge < -0.3 is 10.6 Å². The molecule has 0 aliphatic heterocycles. The topological polar surface area (TPSA) is 58.2 Å². The second-order valence-corrected chi connectivity index (χ2v) is 7.56. The fourth-order valence-electron chi connectivity index (χ4n) is 3.17. The number of anilines is 2. The van der Waals surface area contributed by atoms with Crippen molar-refractivity contribution >= 4 is 23.2 Å². The third-order valence-electron chi connectivity index (χ3n) is 5.00. The normalized spacial score (nSPS) is 10.8. The van der Waals surface area contributed by atoms with Crippen LogP contribution in [0.25, 0.3) is 0 Å². The van der Waals surface area contributed by atoms with Crippen molar-refractivity contribution in [2.75, 3.05) is 10.6 Å². The molecular formula is C29H28N2O2. The second kappa shape index (κ2) is 12.6. The van der Waals surface area contributed by atoms with Gasteiger partial charge >= 0.3 is 0 Å². The number of amides is 2. The molecule has 4 heteroatoms. The van der Waals surface area contributed by atoms with E-state index in [1.54, 1.807) is 0 Å². The van der Waals surface area contributed by atoms with E-state index in [0.29, 0.717) is 6.42 Å². The van der Waals surface area contributed by atoms with Crippen molar-refractivity contribution in [1.82, 2.24) is 0 Å². The number of hydrogen-bond acceptors (Lipinski definition) is 2. The van der Waals surface area contributed by atoms with Gasteiger partial charge in [-0.3, -0.25) is 9.59 Å². The summed E-state index contributed by atoms with van der Waals surface area (Å²) in [6.45, 7) is 1.91. The summed E-state index contributed by atoms with van der Waals surface area (Å²) in [5.41, 5.74) is 3.72. The average Bonchev–Trinajstić information content (AvgIpc) is 2.86. The molecule has 0 spiro atoms. The van der Waals surface area contributed by atoms with Crippen molar-refractivity contribution in [2.24, 2.45) is 0 Å².